The molecule has 0 unspecified atom stereocenters. The van der Waals surface area contributed by atoms with Crippen LogP contribution in [0, 0.1) is 0 Å². The molecule has 0 saturated carbocycles. The van der Waals surface area contributed by atoms with Crippen LogP contribution in [0.2, 0.25) is 0 Å². The Bertz CT molecular complexity index is 864. The molecule has 0 spiro atoms. The van der Waals surface area contributed by atoms with E-state index in [2.05, 4.69) is 10.1 Å². The quantitative estimate of drug-likeness (QED) is 0.803. The lowest BCUT2D eigenvalue weighted by molar-refractivity contribution is 0.308. The standard InChI is InChI=1S/C15H21N5O3S/c1-3-20-14(17-18(2)15(20)21)12-6-9-19(10-7-12)24(22,23)13-5-4-8-16-11-13/h4-5,8,11-12H,3,6-7,9-10H2,1-2H3. The number of aryl methyl sites for hydroxylation is 1. The van der Waals surface area contributed by atoms with Crippen molar-refractivity contribution in [3.63, 3.8) is 0 Å². The first-order valence-electron chi connectivity index (χ1n) is 7.99. The van der Waals surface area contributed by atoms with Gasteiger partial charge < -0.3 is 0 Å². The number of sulfonamides is 1. The Morgan fingerprint density at radius 1 is 1.29 bits per heavy atom. The van der Waals surface area contributed by atoms with Gasteiger partial charge in [-0.25, -0.2) is 17.9 Å². The van der Waals surface area contributed by atoms with Crippen molar-refractivity contribution in [2.24, 2.45) is 7.05 Å². The fraction of sp³-hybridized carbons (Fsp3) is 0.533. The summed E-state index contributed by atoms with van der Waals surface area (Å²) in [4.78, 5) is 16.1. The normalized spacial score (nSPS) is 17.2. The third-order valence-electron chi connectivity index (χ3n) is 4.44. The predicted molar refractivity (Wildman–Crippen MR) is 88.1 cm³/mol. The van der Waals surface area contributed by atoms with E-state index in [1.807, 2.05) is 6.92 Å². The van der Waals surface area contributed by atoms with E-state index in [-0.39, 0.29) is 16.5 Å². The van der Waals surface area contributed by atoms with Gasteiger partial charge in [-0.3, -0.25) is 9.55 Å². The molecule has 130 valence electrons. The summed E-state index contributed by atoms with van der Waals surface area (Å²) < 4.78 is 29.7. The Labute approximate surface area is 140 Å². The van der Waals surface area contributed by atoms with Crippen LogP contribution in [0.25, 0.3) is 0 Å². The van der Waals surface area contributed by atoms with Crippen LogP contribution in [0.1, 0.15) is 31.5 Å². The zero-order valence-electron chi connectivity index (χ0n) is 13.8. The SMILES string of the molecule is CCn1c(C2CCN(S(=O)(=O)c3cccnc3)CC2)nn(C)c1=O. The van der Waals surface area contributed by atoms with Crippen LogP contribution in [-0.2, 0) is 23.6 Å². The van der Waals surface area contributed by atoms with Crippen LogP contribution in [-0.4, -0.2) is 45.1 Å². The first kappa shape index (κ1) is 16.8. The molecule has 0 amide bonds. The summed E-state index contributed by atoms with van der Waals surface area (Å²) in [6.07, 6.45) is 4.22. The van der Waals surface area contributed by atoms with Gasteiger partial charge in [-0.1, -0.05) is 0 Å². The average molecular weight is 351 g/mol. The Hall–Kier alpha value is -2.00. The summed E-state index contributed by atoms with van der Waals surface area (Å²) >= 11 is 0. The van der Waals surface area contributed by atoms with Crippen molar-refractivity contribution in [1.82, 2.24) is 23.6 Å². The van der Waals surface area contributed by atoms with Crippen LogP contribution in [0.5, 0.6) is 0 Å². The molecule has 1 fully saturated rings. The number of hydrogen-bond acceptors (Lipinski definition) is 5. The molecule has 0 radical (unpaired) electrons. The summed E-state index contributed by atoms with van der Waals surface area (Å²) in [5.41, 5.74) is -0.127. The van der Waals surface area contributed by atoms with Crippen molar-refractivity contribution < 1.29 is 8.42 Å². The van der Waals surface area contributed by atoms with Crippen LogP contribution < -0.4 is 5.69 Å². The van der Waals surface area contributed by atoms with Crippen molar-refractivity contribution in [1.29, 1.82) is 0 Å². The van der Waals surface area contributed by atoms with Gasteiger partial charge in [-0.2, -0.15) is 9.40 Å². The van der Waals surface area contributed by atoms with Crippen molar-refractivity contribution >= 4 is 10.0 Å². The predicted octanol–water partition coefficient (Wildman–Crippen LogP) is 0.565. The molecule has 0 aliphatic carbocycles. The molecule has 3 heterocycles. The molecule has 0 N–H and O–H groups in total. The highest BCUT2D eigenvalue weighted by Crippen LogP contribution is 2.29. The van der Waals surface area contributed by atoms with Crippen LogP contribution in [0.4, 0.5) is 0 Å². The Balaban J connectivity index is 1.77. The summed E-state index contributed by atoms with van der Waals surface area (Å²) in [7, 11) is -1.87. The zero-order chi connectivity index (χ0) is 17.3. The van der Waals surface area contributed by atoms with Gasteiger partial charge >= 0.3 is 5.69 Å². The second-order valence-electron chi connectivity index (χ2n) is 5.88. The minimum atomic E-state index is -3.51. The maximum Gasteiger partial charge on any atom is 0.345 e. The van der Waals surface area contributed by atoms with E-state index in [1.165, 1.54) is 15.2 Å². The molecule has 1 aliphatic rings. The lowest BCUT2D eigenvalue weighted by Crippen LogP contribution is -2.38. The lowest BCUT2D eigenvalue weighted by atomic mass is 9.97. The molecule has 0 bridgehead atoms. The molecule has 9 heteroatoms. The fourth-order valence-electron chi connectivity index (χ4n) is 3.13. The van der Waals surface area contributed by atoms with Gasteiger partial charge in [0.1, 0.15) is 10.7 Å². The summed E-state index contributed by atoms with van der Waals surface area (Å²) in [5.74, 6) is 0.850. The number of nitrogens with zero attached hydrogens (tertiary/aromatic N) is 5. The smallest absolute Gasteiger partial charge is 0.279 e. The van der Waals surface area contributed by atoms with E-state index < -0.39 is 10.0 Å². The van der Waals surface area contributed by atoms with Gasteiger partial charge in [0.2, 0.25) is 10.0 Å². The first-order valence-corrected chi connectivity index (χ1v) is 9.43. The molecule has 3 rings (SSSR count). The van der Waals surface area contributed by atoms with E-state index in [0.717, 1.165) is 5.82 Å². The highest BCUT2D eigenvalue weighted by atomic mass is 32.2. The Kier molecular flexibility index (Phi) is 4.55. The maximum absolute atomic E-state index is 12.6. The van der Waals surface area contributed by atoms with Gasteiger partial charge in [-0.05, 0) is 31.9 Å². The van der Waals surface area contributed by atoms with Crippen molar-refractivity contribution in [3.8, 4) is 0 Å². The van der Waals surface area contributed by atoms with Crippen LogP contribution >= 0.6 is 0 Å². The zero-order valence-corrected chi connectivity index (χ0v) is 14.6. The molecule has 2 aromatic heterocycles. The number of hydrogen-bond donors (Lipinski definition) is 0. The van der Waals surface area contributed by atoms with Gasteiger partial charge in [0.05, 0.1) is 0 Å². The largest absolute Gasteiger partial charge is 0.345 e. The van der Waals surface area contributed by atoms with Crippen LogP contribution in [0.3, 0.4) is 0 Å². The highest BCUT2D eigenvalue weighted by molar-refractivity contribution is 7.89. The highest BCUT2D eigenvalue weighted by Gasteiger charge is 2.32. The molecule has 0 aromatic carbocycles. The summed E-state index contributed by atoms with van der Waals surface area (Å²) in [6, 6.07) is 3.18. The van der Waals surface area contributed by atoms with Gasteiger partial charge in [0.15, 0.2) is 0 Å². The molecule has 1 saturated heterocycles. The average Bonchev–Trinajstić information content (AvgIpc) is 2.90. The van der Waals surface area contributed by atoms with E-state index in [0.29, 0.717) is 32.5 Å². The van der Waals surface area contributed by atoms with Crippen molar-refractivity contribution in [2.75, 3.05) is 13.1 Å². The molecule has 24 heavy (non-hydrogen) atoms. The molecule has 2 aromatic rings. The summed E-state index contributed by atoms with van der Waals surface area (Å²) in [5, 5.41) is 4.34. The van der Waals surface area contributed by atoms with E-state index in [4.69, 9.17) is 0 Å². The minimum Gasteiger partial charge on any atom is -0.279 e. The second kappa shape index (κ2) is 6.48. The van der Waals surface area contributed by atoms with Gasteiger partial charge in [-0.15, -0.1) is 0 Å². The van der Waals surface area contributed by atoms with E-state index in [9.17, 15) is 13.2 Å². The van der Waals surface area contributed by atoms with E-state index >= 15 is 0 Å². The van der Waals surface area contributed by atoms with Crippen molar-refractivity contribution in [2.45, 2.75) is 37.1 Å². The lowest BCUT2D eigenvalue weighted by Gasteiger charge is -2.30. The molecule has 1 aliphatic heterocycles. The second-order valence-corrected chi connectivity index (χ2v) is 7.81. The van der Waals surface area contributed by atoms with Crippen molar-refractivity contribution in [3.05, 3.63) is 40.8 Å². The van der Waals surface area contributed by atoms with E-state index in [1.54, 1.807) is 29.9 Å². The molecule has 0 atom stereocenters. The van der Waals surface area contributed by atoms with Gasteiger partial charge in [0.25, 0.3) is 0 Å². The van der Waals surface area contributed by atoms with Crippen LogP contribution in [0.15, 0.2) is 34.2 Å². The third-order valence-corrected chi connectivity index (χ3v) is 6.33. The molecular weight excluding hydrogens is 330 g/mol. The minimum absolute atomic E-state index is 0.0965. The maximum atomic E-state index is 12.6. The number of rotatable bonds is 4. The molecular formula is C15H21N5O3S. The topological polar surface area (TPSA) is 90.1 Å². The monoisotopic (exact) mass is 351 g/mol. The number of pyridine rings is 1. The third kappa shape index (κ3) is 2.89. The fourth-order valence-corrected chi connectivity index (χ4v) is 4.56. The Morgan fingerprint density at radius 3 is 2.58 bits per heavy atom. The Morgan fingerprint density at radius 2 is 2.00 bits per heavy atom. The number of piperidine rings is 1. The van der Waals surface area contributed by atoms with Gasteiger partial charge in [0, 0.05) is 45.0 Å². The first-order chi connectivity index (χ1) is 11.4. The summed E-state index contributed by atoms with van der Waals surface area (Å²) in [6.45, 7) is 3.30. The molecule has 8 nitrogen and oxygen atoms in total. The number of aromatic nitrogens is 4.